The van der Waals surface area contributed by atoms with Crippen LogP contribution in [0.15, 0.2) is 24.3 Å². The van der Waals surface area contributed by atoms with Crippen molar-refractivity contribution in [1.29, 1.82) is 0 Å². The van der Waals surface area contributed by atoms with Gasteiger partial charge in [-0.1, -0.05) is 29.8 Å². The molecule has 1 aliphatic heterocycles. The largest absolute Gasteiger partial charge is 0.312 e. The van der Waals surface area contributed by atoms with Gasteiger partial charge < -0.3 is 4.48 Å². The van der Waals surface area contributed by atoms with Crippen LogP contribution in [0, 0.1) is 6.92 Å². The fourth-order valence-corrected chi connectivity index (χ4v) is 1.70. The van der Waals surface area contributed by atoms with Crippen molar-refractivity contribution < 1.29 is 4.48 Å². The molecule has 1 heterocycles. The Morgan fingerprint density at radius 1 is 1.17 bits per heavy atom. The van der Waals surface area contributed by atoms with E-state index in [-0.39, 0.29) is 0 Å². The van der Waals surface area contributed by atoms with Crippen molar-refractivity contribution in [2.24, 2.45) is 0 Å². The van der Waals surface area contributed by atoms with E-state index in [9.17, 15) is 0 Å². The normalized spacial score (nSPS) is 25.4. The third kappa shape index (κ3) is 1.25. The topological polar surface area (TPSA) is 0 Å². The van der Waals surface area contributed by atoms with E-state index in [4.69, 9.17) is 0 Å². The van der Waals surface area contributed by atoms with Crippen LogP contribution in [-0.4, -0.2) is 25.1 Å². The molecule has 0 radical (unpaired) electrons. The van der Waals surface area contributed by atoms with Gasteiger partial charge in [-0.3, -0.25) is 0 Å². The number of quaternary nitrogens is 1. The lowest BCUT2D eigenvalue weighted by Crippen LogP contribution is -2.12. The van der Waals surface area contributed by atoms with Gasteiger partial charge in [0.15, 0.2) is 6.04 Å². The van der Waals surface area contributed by atoms with Gasteiger partial charge in [-0.05, 0) is 6.92 Å². The van der Waals surface area contributed by atoms with Crippen molar-refractivity contribution in [2.45, 2.75) is 13.0 Å². The standard InChI is InChI=1S/C11H16N/c1-9-4-6-10(7-5-9)11-8-12(11,2)3/h4-7,11H,8H2,1-3H3/q+1. The Hall–Kier alpha value is -0.820. The Labute approximate surface area is 74.2 Å². The average Bonchev–Trinajstić information content (AvgIpc) is 2.61. The van der Waals surface area contributed by atoms with Crippen LogP contribution in [0.3, 0.4) is 0 Å². The molecule has 12 heavy (non-hydrogen) atoms. The summed E-state index contributed by atoms with van der Waals surface area (Å²) in [6, 6.07) is 9.67. The molecule has 64 valence electrons. The average molecular weight is 162 g/mol. The zero-order valence-corrected chi connectivity index (χ0v) is 8.04. The summed E-state index contributed by atoms with van der Waals surface area (Å²) in [4.78, 5) is 0. The second-order valence-corrected chi connectivity index (χ2v) is 4.39. The highest BCUT2D eigenvalue weighted by molar-refractivity contribution is 5.24. The molecule has 0 spiro atoms. The Morgan fingerprint density at radius 3 is 2.08 bits per heavy atom. The molecule has 1 aliphatic rings. The van der Waals surface area contributed by atoms with Crippen LogP contribution in [0.1, 0.15) is 17.2 Å². The van der Waals surface area contributed by atoms with Crippen LogP contribution in [0.4, 0.5) is 0 Å². The number of aryl methyl sites for hydroxylation is 1. The second kappa shape index (κ2) is 2.33. The van der Waals surface area contributed by atoms with Crippen molar-refractivity contribution >= 4 is 0 Å². The number of likely N-dealkylation sites (N-methyl/N-ethyl adjacent to an activating group) is 1. The Kier molecular flexibility index (Phi) is 1.52. The van der Waals surface area contributed by atoms with Crippen molar-refractivity contribution in [3.8, 4) is 0 Å². The molecule has 1 fully saturated rings. The molecule has 0 aromatic heterocycles. The fourth-order valence-electron chi connectivity index (χ4n) is 1.70. The Balaban J connectivity index is 2.21. The number of rotatable bonds is 1. The van der Waals surface area contributed by atoms with Gasteiger partial charge in [-0.25, -0.2) is 0 Å². The van der Waals surface area contributed by atoms with Crippen molar-refractivity contribution in [3.05, 3.63) is 35.4 Å². The van der Waals surface area contributed by atoms with E-state index in [1.54, 1.807) is 0 Å². The zero-order valence-electron chi connectivity index (χ0n) is 8.04. The van der Waals surface area contributed by atoms with Gasteiger partial charge in [0.1, 0.15) is 6.54 Å². The number of benzene rings is 1. The van der Waals surface area contributed by atoms with E-state index in [1.807, 2.05) is 0 Å². The maximum Gasteiger partial charge on any atom is 0.164 e. The van der Waals surface area contributed by atoms with Crippen LogP contribution in [0.25, 0.3) is 0 Å². The van der Waals surface area contributed by atoms with E-state index in [0.29, 0.717) is 0 Å². The molecule has 0 aliphatic carbocycles. The zero-order chi connectivity index (χ0) is 8.77. The minimum absolute atomic E-state index is 0.755. The quantitative estimate of drug-likeness (QED) is 0.438. The summed E-state index contributed by atoms with van der Waals surface area (Å²) < 4.78 is 1.16. The maximum absolute atomic E-state index is 2.28. The highest BCUT2D eigenvalue weighted by Crippen LogP contribution is 2.39. The third-order valence-corrected chi connectivity index (χ3v) is 2.82. The summed E-state index contributed by atoms with van der Waals surface area (Å²) >= 11 is 0. The van der Waals surface area contributed by atoms with Crippen LogP contribution in [0.2, 0.25) is 0 Å². The predicted octanol–water partition coefficient (Wildman–Crippen LogP) is 2.13. The lowest BCUT2D eigenvalue weighted by atomic mass is 10.1. The smallest absolute Gasteiger partial charge is 0.164 e. The minimum atomic E-state index is 0.755. The fraction of sp³-hybridized carbons (Fsp3) is 0.455. The Morgan fingerprint density at radius 2 is 1.67 bits per heavy atom. The van der Waals surface area contributed by atoms with Gasteiger partial charge in [-0.15, -0.1) is 0 Å². The van der Waals surface area contributed by atoms with E-state index in [0.717, 1.165) is 10.5 Å². The van der Waals surface area contributed by atoms with Crippen LogP contribution in [-0.2, 0) is 0 Å². The van der Waals surface area contributed by atoms with Crippen molar-refractivity contribution in [1.82, 2.24) is 0 Å². The summed E-state index contributed by atoms with van der Waals surface area (Å²) in [5.41, 5.74) is 2.84. The first kappa shape index (κ1) is 7.81. The molecule has 1 heteroatoms. The summed E-state index contributed by atoms with van der Waals surface area (Å²) in [7, 11) is 4.56. The van der Waals surface area contributed by atoms with Gasteiger partial charge in [-0.2, -0.15) is 0 Å². The molecule has 1 nitrogen and oxygen atoms in total. The highest BCUT2D eigenvalue weighted by Gasteiger charge is 2.48. The predicted molar refractivity (Wildman–Crippen MR) is 50.9 cm³/mol. The number of nitrogens with zero attached hydrogens (tertiary/aromatic N) is 1. The summed E-state index contributed by atoms with van der Waals surface area (Å²) in [5.74, 6) is 0. The van der Waals surface area contributed by atoms with E-state index >= 15 is 0 Å². The summed E-state index contributed by atoms with van der Waals surface area (Å²) in [5, 5.41) is 0. The van der Waals surface area contributed by atoms with Crippen LogP contribution in [0.5, 0.6) is 0 Å². The molecular weight excluding hydrogens is 146 g/mol. The molecule has 1 atom stereocenters. The first-order valence-corrected chi connectivity index (χ1v) is 4.49. The first-order valence-electron chi connectivity index (χ1n) is 4.49. The third-order valence-electron chi connectivity index (χ3n) is 2.82. The lowest BCUT2D eigenvalue weighted by Gasteiger charge is -2.05. The Bertz CT molecular complexity index is 284. The molecule has 0 bridgehead atoms. The van der Waals surface area contributed by atoms with E-state index < -0.39 is 0 Å². The molecule has 1 unspecified atom stereocenters. The van der Waals surface area contributed by atoms with Crippen LogP contribution < -0.4 is 0 Å². The van der Waals surface area contributed by atoms with Gasteiger partial charge in [0.25, 0.3) is 0 Å². The van der Waals surface area contributed by atoms with Crippen molar-refractivity contribution in [2.75, 3.05) is 20.6 Å². The van der Waals surface area contributed by atoms with E-state index in [2.05, 4.69) is 45.3 Å². The molecular formula is C11H16N+. The number of hydrogen-bond acceptors (Lipinski definition) is 0. The number of hydrogen-bond donors (Lipinski definition) is 0. The van der Waals surface area contributed by atoms with Gasteiger partial charge in [0, 0.05) is 5.56 Å². The highest BCUT2D eigenvalue weighted by atomic mass is 15.5. The van der Waals surface area contributed by atoms with Gasteiger partial charge in [0.05, 0.1) is 14.1 Å². The first-order chi connectivity index (χ1) is 5.59. The maximum atomic E-state index is 2.28. The molecule has 1 aromatic rings. The van der Waals surface area contributed by atoms with Crippen molar-refractivity contribution in [3.63, 3.8) is 0 Å². The van der Waals surface area contributed by atoms with Gasteiger partial charge >= 0.3 is 0 Å². The molecule has 0 saturated carbocycles. The monoisotopic (exact) mass is 162 g/mol. The SMILES string of the molecule is Cc1ccc(C2C[N+]2(C)C)cc1. The summed E-state index contributed by atoms with van der Waals surface area (Å²) in [6.07, 6.45) is 0. The summed E-state index contributed by atoms with van der Waals surface area (Å²) in [6.45, 7) is 3.43. The molecule has 0 N–H and O–H groups in total. The molecule has 0 amide bonds. The molecule has 1 aromatic carbocycles. The molecule has 1 saturated heterocycles. The van der Waals surface area contributed by atoms with Gasteiger partial charge in [0.2, 0.25) is 0 Å². The van der Waals surface area contributed by atoms with E-state index in [1.165, 1.54) is 17.7 Å². The van der Waals surface area contributed by atoms with Crippen LogP contribution >= 0.6 is 0 Å². The second-order valence-electron chi connectivity index (χ2n) is 4.39. The minimum Gasteiger partial charge on any atom is -0.312 e. The lowest BCUT2D eigenvalue weighted by molar-refractivity contribution is -0.772. The molecule has 2 rings (SSSR count).